The number of benzene rings is 2. The summed E-state index contributed by atoms with van der Waals surface area (Å²) in [4.78, 5) is 25.8. The fraction of sp³-hybridized carbons (Fsp3) is 0.176. The fourth-order valence-electron chi connectivity index (χ4n) is 2.41. The molecule has 21 heavy (non-hydrogen) atoms. The molecule has 0 atom stereocenters. The summed E-state index contributed by atoms with van der Waals surface area (Å²) in [5.74, 6) is 0.561. The highest BCUT2D eigenvalue weighted by atomic mass is 16.6. The molecular formula is C17H15NO3. The standard InChI is InChI=1S/C17H15NO3/c1-12-7-8-15-14(11-12)16(19)9-10-18(15)17(20)21-13-5-3-2-4-6-13/h2-8,11H,9-10H2,1H3. The van der Waals surface area contributed by atoms with Gasteiger partial charge in [-0.15, -0.1) is 0 Å². The number of aryl methyl sites for hydroxylation is 1. The number of carbonyl (C=O) groups excluding carboxylic acids is 2. The van der Waals surface area contributed by atoms with Crippen molar-refractivity contribution in [3.8, 4) is 5.75 Å². The molecule has 0 radical (unpaired) electrons. The SMILES string of the molecule is Cc1ccc2c(c1)C(=O)CCN2C(=O)Oc1ccccc1. The van der Waals surface area contributed by atoms with Crippen molar-refractivity contribution < 1.29 is 14.3 Å². The maximum atomic E-state index is 12.3. The van der Waals surface area contributed by atoms with Gasteiger partial charge in [-0.25, -0.2) is 4.79 Å². The van der Waals surface area contributed by atoms with E-state index in [0.29, 0.717) is 30.0 Å². The van der Waals surface area contributed by atoms with Gasteiger partial charge < -0.3 is 4.74 Å². The van der Waals surface area contributed by atoms with Crippen LogP contribution in [0.2, 0.25) is 0 Å². The third-order valence-electron chi connectivity index (χ3n) is 3.47. The Morgan fingerprint density at radius 3 is 2.67 bits per heavy atom. The number of rotatable bonds is 1. The van der Waals surface area contributed by atoms with Crippen LogP contribution in [0.5, 0.6) is 5.75 Å². The van der Waals surface area contributed by atoms with Crippen LogP contribution in [0.4, 0.5) is 10.5 Å². The monoisotopic (exact) mass is 281 g/mol. The largest absolute Gasteiger partial charge is 0.419 e. The highest BCUT2D eigenvalue weighted by Crippen LogP contribution is 2.28. The predicted octanol–water partition coefficient (Wildman–Crippen LogP) is 3.59. The van der Waals surface area contributed by atoms with Crippen molar-refractivity contribution in [2.24, 2.45) is 0 Å². The molecule has 1 aliphatic rings. The first kappa shape index (κ1) is 13.4. The molecule has 0 saturated carbocycles. The van der Waals surface area contributed by atoms with Gasteiger partial charge in [0.15, 0.2) is 5.78 Å². The third-order valence-corrected chi connectivity index (χ3v) is 3.47. The van der Waals surface area contributed by atoms with Crippen molar-refractivity contribution in [3.63, 3.8) is 0 Å². The molecule has 0 unspecified atom stereocenters. The maximum absolute atomic E-state index is 12.3. The molecule has 3 rings (SSSR count). The Kier molecular flexibility index (Phi) is 3.44. The van der Waals surface area contributed by atoms with E-state index in [2.05, 4.69) is 0 Å². The van der Waals surface area contributed by atoms with Crippen molar-refractivity contribution in [2.45, 2.75) is 13.3 Å². The van der Waals surface area contributed by atoms with Crippen molar-refractivity contribution in [3.05, 3.63) is 59.7 Å². The molecule has 1 amide bonds. The van der Waals surface area contributed by atoms with Gasteiger partial charge >= 0.3 is 6.09 Å². The van der Waals surface area contributed by atoms with Crippen LogP contribution in [0.1, 0.15) is 22.3 Å². The second-order valence-corrected chi connectivity index (χ2v) is 5.03. The van der Waals surface area contributed by atoms with Crippen LogP contribution in [-0.4, -0.2) is 18.4 Å². The van der Waals surface area contributed by atoms with E-state index in [1.165, 1.54) is 4.90 Å². The van der Waals surface area contributed by atoms with E-state index in [1.54, 1.807) is 30.3 Å². The maximum Gasteiger partial charge on any atom is 0.419 e. The molecule has 0 spiro atoms. The summed E-state index contributed by atoms with van der Waals surface area (Å²) in [5.41, 5.74) is 2.21. The van der Waals surface area contributed by atoms with E-state index in [-0.39, 0.29) is 5.78 Å². The normalized spacial score (nSPS) is 13.8. The number of fused-ring (bicyclic) bond motifs is 1. The number of Topliss-reactive ketones (excluding diaryl/α,β-unsaturated/α-hetero) is 1. The lowest BCUT2D eigenvalue weighted by atomic mass is 9.99. The van der Waals surface area contributed by atoms with E-state index in [1.807, 2.05) is 25.1 Å². The van der Waals surface area contributed by atoms with Crippen molar-refractivity contribution in [2.75, 3.05) is 11.4 Å². The van der Waals surface area contributed by atoms with Gasteiger partial charge in [0.25, 0.3) is 0 Å². The molecule has 2 aromatic carbocycles. The first-order valence-electron chi connectivity index (χ1n) is 6.83. The van der Waals surface area contributed by atoms with Crippen LogP contribution < -0.4 is 9.64 Å². The average molecular weight is 281 g/mol. The van der Waals surface area contributed by atoms with Gasteiger partial charge in [-0.3, -0.25) is 9.69 Å². The Morgan fingerprint density at radius 2 is 1.90 bits per heavy atom. The number of nitrogens with zero attached hydrogens (tertiary/aromatic N) is 1. The minimum atomic E-state index is -0.459. The summed E-state index contributed by atoms with van der Waals surface area (Å²) in [6.45, 7) is 2.27. The highest BCUT2D eigenvalue weighted by Gasteiger charge is 2.28. The van der Waals surface area contributed by atoms with E-state index in [9.17, 15) is 9.59 Å². The van der Waals surface area contributed by atoms with Crippen molar-refractivity contribution >= 4 is 17.6 Å². The molecule has 0 aromatic heterocycles. The number of carbonyl (C=O) groups is 2. The van der Waals surface area contributed by atoms with Crippen LogP contribution in [0.3, 0.4) is 0 Å². The van der Waals surface area contributed by atoms with Crippen molar-refractivity contribution in [1.29, 1.82) is 0 Å². The van der Waals surface area contributed by atoms with Crippen LogP contribution in [-0.2, 0) is 0 Å². The lowest BCUT2D eigenvalue weighted by molar-refractivity contribution is 0.0980. The third kappa shape index (κ3) is 2.65. The Morgan fingerprint density at radius 1 is 1.14 bits per heavy atom. The first-order valence-corrected chi connectivity index (χ1v) is 6.83. The molecule has 106 valence electrons. The zero-order chi connectivity index (χ0) is 14.8. The smallest absolute Gasteiger partial charge is 0.410 e. The van der Waals surface area contributed by atoms with E-state index in [4.69, 9.17) is 4.74 Å². The summed E-state index contributed by atoms with van der Waals surface area (Å²) in [7, 11) is 0. The molecular weight excluding hydrogens is 266 g/mol. The number of hydrogen-bond donors (Lipinski definition) is 0. The molecule has 1 aliphatic heterocycles. The summed E-state index contributed by atoms with van der Waals surface area (Å²) in [6.07, 6.45) is -0.140. The van der Waals surface area contributed by atoms with Gasteiger partial charge in [0.1, 0.15) is 5.75 Å². The summed E-state index contributed by atoms with van der Waals surface area (Å²) in [6, 6.07) is 14.4. The topological polar surface area (TPSA) is 46.6 Å². The minimum absolute atomic E-state index is 0.0671. The van der Waals surface area contributed by atoms with Crippen LogP contribution in [0.25, 0.3) is 0 Å². The Hall–Kier alpha value is -2.62. The molecule has 0 fully saturated rings. The number of ketones is 1. The van der Waals surface area contributed by atoms with Crippen molar-refractivity contribution in [1.82, 2.24) is 0 Å². The second-order valence-electron chi connectivity index (χ2n) is 5.03. The van der Waals surface area contributed by atoms with Gasteiger partial charge in [-0.2, -0.15) is 0 Å². The molecule has 0 aliphatic carbocycles. The Bertz CT molecular complexity index is 694. The zero-order valence-electron chi connectivity index (χ0n) is 11.7. The highest BCUT2D eigenvalue weighted by molar-refractivity contribution is 6.07. The molecule has 0 N–H and O–H groups in total. The Labute approximate surface area is 123 Å². The molecule has 0 saturated heterocycles. The average Bonchev–Trinajstić information content (AvgIpc) is 2.49. The predicted molar refractivity (Wildman–Crippen MR) is 79.9 cm³/mol. The number of amides is 1. The molecule has 0 bridgehead atoms. The number of anilines is 1. The number of hydrogen-bond acceptors (Lipinski definition) is 3. The summed E-state index contributed by atoms with van der Waals surface area (Å²) < 4.78 is 5.35. The van der Waals surface area contributed by atoms with E-state index < -0.39 is 6.09 Å². The molecule has 1 heterocycles. The van der Waals surface area contributed by atoms with Gasteiger partial charge in [0.2, 0.25) is 0 Å². The second kappa shape index (κ2) is 5.40. The van der Waals surface area contributed by atoms with Crippen LogP contribution in [0.15, 0.2) is 48.5 Å². The van der Waals surface area contributed by atoms with Crippen LogP contribution >= 0.6 is 0 Å². The number of para-hydroxylation sites is 1. The van der Waals surface area contributed by atoms with E-state index >= 15 is 0 Å². The summed E-state index contributed by atoms with van der Waals surface area (Å²) in [5, 5.41) is 0. The Balaban J connectivity index is 1.89. The molecule has 4 nitrogen and oxygen atoms in total. The van der Waals surface area contributed by atoms with Gasteiger partial charge in [-0.05, 0) is 31.2 Å². The van der Waals surface area contributed by atoms with Crippen LogP contribution in [0, 0.1) is 6.92 Å². The first-order chi connectivity index (χ1) is 10.1. The minimum Gasteiger partial charge on any atom is -0.410 e. The summed E-state index contributed by atoms with van der Waals surface area (Å²) >= 11 is 0. The number of ether oxygens (including phenoxy) is 1. The fourth-order valence-corrected chi connectivity index (χ4v) is 2.41. The molecule has 4 heteroatoms. The van der Waals surface area contributed by atoms with Gasteiger partial charge in [0.05, 0.1) is 5.69 Å². The van der Waals surface area contributed by atoms with E-state index in [0.717, 1.165) is 5.56 Å². The van der Waals surface area contributed by atoms with Gasteiger partial charge in [-0.1, -0.05) is 29.8 Å². The van der Waals surface area contributed by atoms with Gasteiger partial charge in [0, 0.05) is 18.5 Å². The lowest BCUT2D eigenvalue weighted by Crippen LogP contribution is -2.39. The zero-order valence-corrected chi connectivity index (χ0v) is 11.7. The quantitative estimate of drug-likeness (QED) is 0.802. The lowest BCUT2D eigenvalue weighted by Gasteiger charge is -2.28. The molecule has 2 aromatic rings.